The average molecular weight is 250 g/mol. The Morgan fingerprint density at radius 2 is 1.82 bits per heavy atom. The monoisotopic (exact) mass is 249 g/mol. The highest BCUT2D eigenvalue weighted by molar-refractivity contribution is 6.31. The van der Waals surface area contributed by atoms with Crippen molar-refractivity contribution in [1.29, 1.82) is 0 Å². The number of rotatable bonds is 4. The third kappa shape index (κ3) is 3.55. The van der Waals surface area contributed by atoms with Crippen LogP contribution in [0.25, 0.3) is 0 Å². The molecule has 0 fully saturated rings. The maximum atomic E-state index is 12.9. The van der Waals surface area contributed by atoms with Gasteiger partial charge in [-0.2, -0.15) is 0 Å². The molecule has 2 aromatic carbocycles. The van der Waals surface area contributed by atoms with E-state index in [0.717, 1.165) is 16.1 Å². The maximum Gasteiger partial charge on any atom is 0.123 e. The summed E-state index contributed by atoms with van der Waals surface area (Å²) in [5.74, 6) is -0.206. The molecule has 0 radical (unpaired) electrons. The minimum atomic E-state index is -0.206. The third-order valence-electron chi connectivity index (χ3n) is 2.49. The first-order chi connectivity index (χ1) is 8.25. The van der Waals surface area contributed by atoms with Gasteiger partial charge < -0.3 is 5.32 Å². The molecule has 17 heavy (non-hydrogen) atoms. The maximum absolute atomic E-state index is 12.9. The first-order valence-corrected chi connectivity index (χ1v) is 5.82. The molecular formula is C14H13ClFN. The van der Waals surface area contributed by atoms with Crippen LogP contribution in [-0.2, 0) is 13.1 Å². The number of halogens is 2. The van der Waals surface area contributed by atoms with Crippen molar-refractivity contribution in [1.82, 2.24) is 5.32 Å². The van der Waals surface area contributed by atoms with Gasteiger partial charge >= 0.3 is 0 Å². The normalized spacial score (nSPS) is 10.5. The second-order valence-electron chi connectivity index (χ2n) is 3.82. The van der Waals surface area contributed by atoms with E-state index >= 15 is 0 Å². The molecule has 0 aromatic heterocycles. The van der Waals surface area contributed by atoms with Gasteiger partial charge in [-0.15, -0.1) is 0 Å². The van der Waals surface area contributed by atoms with E-state index in [1.807, 2.05) is 30.3 Å². The van der Waals surface area contributed by atoms with Crippen LogP contribution < -0.4 is 5.32 Å². The van der Waals surface area contributed by atoms with Crippen molar-refractivity contribution in [2.75, 3.05) is 0 Å². The Hall–Kier alpha value is -1.38. The standard InChI is InChI=1S/C14H13ClFN/c15-14-7-2-1-5-12(14)10-17-9-11-4-3-6-13(16)8-11/h1-8,17H,9-10H2. The summed E-state index contributed by atoms with van der Waals surface area (Å²) in [5, 5.41) is 3.98. The molecule has 0 saturated heterocycles. The Balaban J connectivity index is 1.90. The predicted octanol–water partition coefficient (Wildman–Crippen LogP) is 3.77. The van der Waals surface area contributed by atoms with Gasteiger partial charge in [0.1, 0.15) is 5.82 Å². The van der Waals surface area contributed by atoms with Crippen LogP contribution in [0.1, 0.15) is 11.1 Å². The zero-order valence-corrected chi connectivity index (χ0v) is 10.0. The molecule has 88 valence electrons. The molecule has 0 amide bonds. The van der Waals surface area contributed by atoms with E-state index in [2.05, 4.69) is 5.32 Å². The molecule has 0 aliphatic carbocycles. The summed E-state index contributed by atoms with van der Waals surface area (Å²) in [6, 6.07) is 14.3. The quantitative estimate of drug-likeness (QED) is 0.870. The zero-order chi connectivity index (χ0) is 12.1. The molecule has 0 aliphatic rings. The summed E-state index contributed by atoms with van der Waals surface area (Å²) in [6.07, 6.45) is 0. The summed E-state index contributed by atoms with van der Waals surface area (Å²) in [5.41, 5.74) is 1.97. The fourth-order valence-corrected chi connectivity index (χ4v) is 1.83. The Labute approximate surface area is 105 Å². The molecular weight excluding hydrogens is 237 g/mol. The number of hydrogen-bond donors (Lipinski definition) is 1. The van der Waals surface area contributed by atoms with E-state index < -0.39 is 0 Å². The Morgan fingerprint density at radius 1 is 1.00 bits per heavy atom. The van der Waals surface area contributed by atoms with Crippen molar-refractivity contribution in [2.24, 2.45) is 0 Å². The van der Waals surface area contributed by atoms with Crippen LogP contribution in [0.5, 0.6) is 0 Å². The van der Waals surface area contributed by atoms with Crippen LogP contribution in [0.15, 0.2) is 48.5 Å². The molecule has 1 nitrogen and oxygen atoms in total. The molecule has 0 spiro atoms. The van der Waals surface area contributed by atoms with Crippen LogP contribution in [-0.4, -0.2) is 0 Å². The summed E-state index contributed by atoms with van der Waals surface area (Å²) in [6.45, 7) is 1.30. The van der Waals surface area contributed by atoms with Crippen molar-refractivity contribution in [3.8, 4) is 0 Å². The summed E-state index contributed by atoms with van der Waals surface area (Å²) < 4.78 is 12.9. The first-order valence-electron chi connectivity index (χ1n) is 5.44. The SMILES string of the molecule is Fc1cccc(CNCc2ccccc2Cl)c1. The zero-order valence-electron chi connectivity index (χ0n) is 9.29. The van der Waals surface area contributed by atoms with Gasteiger partial charge in [-0.1, -0.05) is 41.9 Å². The third-order valence-corrected chi connectivity index (χ3v) is 2.86. The Morgan fingerprint density at radius 3 is 2.59 bits per heavy atom. The second kappa shape index (κ2) is 5.80. The van der Waals surface area contributed by atoms with Crippen molar-refractivity contribution in [2.45, 2.75) is 13.1 Å². The Kier molecular flexibility index (Phi) is 4.13. The van der Waals surface area contributed by atoms with Crippen molar-refractivity contribution in [3.63, 3.8) is 0 Å². The van der Waals surface area contributed by atoms with Crippen LogP contribution >= 0.6 is 11.6 Å². The highest BCUT2D eigenvalue weighted by Crippen LogP contribution is 2.14. The average Bonchev–Trinajstić information content (AvgIpc) is 2.32. The molecule has 0 atom stereocenters. The lowest BCUT2D eigenvalue weighted by molar-refractivity contribution is 0.620. The van der Waals surface area contributed by atoms with E-state index in [1.54, 1.807) is 6.07 Å². The first kappa shape index (κ1) is 12.1. The highest BCUT2D eigenvalue weighted by Gasteiger charge is 1.99. The topological polar surface area (TPSA) is 12.0 Å². The number of benzene rings is 2. The van der Waals surface area contributed by atoms with Crippen molar-refractivity contribution >= 4 is 11.6 Å². The van der Waals surface area contributed by atoms with Crippen molar-refractivity contribution in [3.05, 3.63) is 70.5 Å². The highest BCUT2D eigenvalue weighted by atomic mass is 35.5. The molecule has 0 unspecified atom stereocenters. The van der Waals surface area contributed by atoms with Crippen LogP contribution in [0.4, 0.5) is 4.39 Å². The van der Waals surface area contributed by atoms with Gasteiger partial charge in [-0.05, 0) is 29.3 Å². The lowest BCUT2D eigenvalue weighted by atomic mass is 10.2. The minimum Gasteiger partial charge on any atom is -0.309 e. The molecule has 0 heterocycles. The van der Waals surface area contributed by atoms with Gasteiger partial charge in [0.05, 0.1) is 0 Å². The molecule has 2 rings (SSSR count). The van der Waals surface area contributed by atoms with Gasteiger partial charge in [0, 0.05) is 18.1 Å². The number of hydrogen-bond acceptors (Lipinski definition) is 1. The summed E-state index contributed by atoms with van der Waals surface area (Å²) in [7, 11) is 0. The lowest BCUT2D eigenvalue weighted by Gasteiger charge is -2.06. The fraction of sp³-hybridized carbons (Fsp3) is 0.143. The minimum absolute atomic E-state index is 0.206. The number of nitrogens with one attached hydrogen (secondary N) is 1. The van der Waals surface area contributed by atoms with Crippen LogP contribution in [0.3, 0.4) is 0 Å². The Bertz CT molecular complexity index is 499. The van der Waals surface area contributed by atoms with Gasteiger partial charge in [-0.3, -0.25) is 0 Å². The lowest BCUT2D eigenvalue weighted by Crippen LogP contribution is -2.12. The van der Waals surface area contributed by atoms with Gasteiger partial charge in [0.25, 0.3) is 0 Å². The second-order valence-corrected chi connectivity index (χ2v) is 4.23. The van der Waals surface area contributed by atoms with E-state index in [-0.39, 0.29) is 5.82 Å². The van der Waals surface area contributed by atoms with E-state index in [0.29, 0.717) is 13.1 Å². The van der Waals surface area contributed by atoms with Crippen LogP contribution in [0, 0.1) is 5.82 Å². The predicted molar refractivity (Wildman–Crippen MR) is 68.4 cm³/mol. The summed E-state index contributed by atoms with van der Waals surface area (Å²) in [4.78, 5) is 0. The molecule has 1 N–H and O–H groups in total. The molecule has 0 aliphatic heterocycles. The molecule has 0 saturated carbocycles. The van der Waals surface area contributed by atoms with Gasteiger partial charge in [0.15, 0.2) is 0 Å². The van der Waals surface area contributed by atoms with Crippen molar-refractivity contribution < 1.29 is 4.39 Å². The van der Waals surface area contributed by atoms with E-state index in [9.17, 15) is 4.39 Å². The fourth-order valence-electron chi connectivity index (χ4n) is 1.63. The van der Waals surface area contributed by atoms with Crippen LogP contribution in [0.2, 0.25) is 5.02 Å². The smallest absolute Gasteiger partial charge is 0.123 e. The van der Waals surface area contributed by atoms with Gasteiger partial charge in [-0.25, -0.2) is 4.39 Å². The van der Waals surface area contributed by atoms with E-state index in [4.69, 9.17) is 11.6 Å². The molecule has 2 aromatic rings. The summed E-state index contributed by atoms with van der Waals surface area (Å²) >= 11 is 6.03. The van der Waals surface area contributed by atoms with Gasteiger partial charge in [0.2, 0.25) is 0 Å². The molecule has 3 heteroatoms. The molecule has 0 bridgehead atoms. The van der Waals surface area contributed by atoms with E-state index in [1.165, 1.54) is 12.1 Å². The largest absolute Gasteiger partial charge is 0.309 e.